The number of carbonyl (C=O) groups is 2. The van der Waals surface area contributed by atoms with E-state index in [0.29, 0.717) is 37.6 Å². The van der Waals surface area contributed by atoms with Crippen molar-refractivity contribution in [1.29, 1.82) is 0 Å². The predicted octanol–water partition coefficient (Wildman–Crippen LogP) is 3.69. The highest BCUT2D eigenvalue weighted by Crippen LogP contribution is 2.34. The molecule has 0 radical (unpaired) electrons. The molecule has 3 aromatic heterocycles. The fourth-order valence-electron chi connectivity index (χ4n) is 5.58. The van der Waals surface area contributed by atoms with Gasteiger partial charge in [-0.2, -0.15) is 27.0 Å². The first-order valence-corrected chi connectivity index (χ1v) is 15.8. The van der Waals surface area contributed by atoms with Crippen LogP contribution in [0.1, 0.15) is 40.9 Å². The Hall–Kier alpha value is -4.48. The fourth-order valence-corrected chi connectivity index (χ4v) is 6.35. The van der Waals surface area contributed by atoms with Crippen molar-refractivity contribution in [3.63, 3.8) is 0 Å². The predicted molar refractivity (Wildman–Crippen MR) is 167 cm³/mol. The zero-order valence-corrected chi connectivity index (χ0v) is 26.5. The SMILES string of the molecule is CCc1c(N2CCN(C(=O)c3nscc3O)CC2)c(=O)n2nc(C3=CCOCC3)nc2n1CC(=O)Nc1ccc(C(F)(F)F)cc1Cl. The summed E-state index contributed by atoms with van der Waals surface area (Å²) >= 11 is 7.06. The molecule has 0 spiro atoms. The standard InChI is InChI=1S/C29H28ClF3N8O5S/c1-2-20-24(38-7-9-39(10-8-38)26(44)23-21(42)15-47-37-23)27(45)41-28(35-25(36-41)16-5-11-46-12-6-16)40(20)14-22(43)34-19-4-3-17(13-18(19)30)29(31,32)33/h3-5,13,15,42H,2,6-12,14H2,1H3,(H,34,43). The van der Waals surface area contributed by atoms with Crippen molar-refractivity contribution >= 4 is 57.7 Å². The molecule has 248 valence electrons. The molecular formula is C29H28ClF3N8O5S. The number of nitrogens with zero attached hydrogens (tertiary/aromatic N) is 7. The number of carbonyl (C=O) groups excluding carboxylic acids is 2. The number of anilines is 2. The highest BCUT2D eigenvalue weighted by molar-refractivity contribution is 7.04. The molecule has 13 nitrogen and oxygen atoms in total. The normalized spacial score (nSPS) is 15.6. The third-order valence-electron chi connectivity index (χ3n) is 7.92. The maximum atomic E-state index is 14.1. The summed E-state index contributed by atoms with van der Waals surface area (Å²) in [6.45, 7) is 3.27. The Balaban J connectivity index is 1.35. The van der Waals surface area contributed by atoms with Crippen LogP contribution < -0.4 is 15.8 Å². The zero-order chi connectivity index (χ0) is 33.5. The quantitative estimate of drug-likeness (QED) is 0.296. The molecule has 0 saturated carbocycles. The largest absolute Gasteiger partial charge is 0.505 e. The number of amides is 2. The van der Waals surface area contributed by atoms with Gasteiger partial charge in [0, 0.05) is 26.2 Å². The summed E-state index contributed by atoms with van der Waals surface area (Å²) in [6, 6.07) is 2.63. The summed E-state index contributed by atoms with van der Waals surface area (Å²) in [5.41, 5.74) is 0.0877. The molecule has 47 heavy (non-hydrogen) atoms. The molecule has 6 rings (SSSR count). The topological polar surface area (TPSA) is 147 Å². The van der Waals surface area contributed by atoms with E-state index in [0.717, 1.165) is 39.8 Å². The fraction of sp³-hybridized carbons (Fsp3) is 0.379. The zero-order valence-electron chi connectivity index (χ0n) is 24.9. The number of hydrogen-bond acceptors (Lipinski definition) is 10. The third-order valence-corrected chi connectivity index (χ3v) is 8.85. The Bertz CT molecular complexity index is 1950. The minimum atomic E-state index is -4.60. The van der Waals surface area contributed by atoms with E-state index in [4.69, 9.17) is 16.3 Å². The van der Waals surface area contributed by atoms with Gasteiger partial charge in [0.25, 0.3) is 11.5 Å². The van der Waals surface area contributed by atoms with Crippen molar-refractivity contribution in [2.75, 3.05) is 49.6 Å². The Morgan fingerprint density at radius 1 is 1.19 bits per heavy atom. The number of rotatable bonds is 7. The molecule has 1 saturated heterocycles. The van der Waals surface area contributed by atoms with Crippen LogP contribution in [0, 0.1) is 0 Å². The van der Waals surface area contributed by atoms with Crippen molar-refractivity contribution in [3.8, 4) is 5.75 Å². The number of piperazine rings is 1. The number of hydrogen-bond donors (Lipinski definition) is 2. The lowest BCUT2D eigenvalue weighted by Crippen LogP contribution is -2.51. The highest BCUT2D eigenvalue weighted by atomic mass is 35.5. The van der Waals surface area contributed by atoms with E-state index >= 15 is 0 Å². The van der Waals surface area contributed by atoms with Gasteiger partial charge >= 0.3 is 6.18 Å². The summed E-state index contributed by atoms with van der Waals surface area (Å²) in [5.74, 6) is -0.813. The molecular weight excluding hydrogens is 665 g/mol. The van der Waals surface area contributed by atoms with Crippen LogP contribution in [-0.4, -0.2) is 84.8 Å². The molecule has 2 N–H and O–H groups in total. The van der Waals surface area contributed by atoms with Crippen LogP contribution in [0.5, 0.6) is 5.75 Å². The average Bonchev–Trinajstić information content (AvgIpc) is 3.70. The molecule has 0 unspecified atom stereocenters. The summed E-state index contributed by atoms with van der Waals surface area (Å²) in [5, 5.41) is 18.1. The molecule has 18 heteroatoms. The molecule has 0 bridgehead atoms. The van der Waals surface area contributed by atoms with Gasteiger partial charge in [-0.1, -0.05) is 24.6 Å². The van der Waals surface area contributed by atoms with Gasteiger partial charge in [-0.05, 0) is 48.1 Å². The van der Waals surface area contributed by atoms with E-state index in [9.17, 15) is 32.7 Å². The lowest BCUT2D eigenvalue weighted by molar-refractivity contribution is -0.137. The minimum Gasteiger partial charge on any atom is -0.505 e. The highest BCUT2D eigenvalue weighted by Gasteiger charge is 2.32. The monoisotopic (exact) mass is 692 g/mol. The first kappa shape index (κ1) is 32.5. The summed E-state index contributed by atoms with van der Waals surface area (Å²) < 4.78 is 51.5. The molecule has 5 heterocycles. The molecule has 2 amide bonds. The van der Waals surface area contributed by atoms with Crippen molar-refractivity contribution in [2.24, 2.45) is 0 Å². The minimum absolute atomic E-state index is 0.0125. The van der Waals surface area contributed by atoms with Gasteiger partial charge in [0.1, 0.15) is 12.2 Å². The van der Waals surface area contributed by atoms with E-state index in [1.807, 2.05) is 17.9 Å². The van der Waals surface area contributed by atoms with Gasteiger partial charge in [-0.25, -0.2) is 0 Å². The molecule has 1 fully saturated rings. The van der Waals surface area contributed by atoms with Crippen LogP contribution >= 0.6 is 23.1 Å². The Morgan fingerprint density at radius 3 is 2.57 bits per heavy atom. The Kier molecular flexibility index (Phi) is 8.95. The van der Waals surface area contributed by atoms with Crippen molar-refractivity contribution < 1.29 is 32.6 Å². The average molecular weight is 693 g/mol. The molecule has 2 aliphatic rings. The lowest BCUT2D eigenvalue weighted by atomic mass is 10.1. The van der Waals surface area contributed by atoms with Gasteiger partial charge in [-0.15, -0.1) is 5.10 Å². The lowest BCUT2D eigenvalue weighted by Gasteiger charge is -2.36. The summed E-state index contributed by atoms with van der Waals surface area (Å²) in [6.07, 6.45) is -1.95. The van der Waals surface area contributed by atoms with Gasteiger partial charge < -0.3 is 29.5 Å². The molecule has 4 aromatic rings. The number of aromatic nitrogens is 5. The van der Waals surface area contributed by atoms with Gasteiger partial charge in [-0.3, -0.25) is 14.4 Å². The Labute approximate surface area is 274 Å². The van der Waals surface area contributed by atoms with Crippen LogP contribution in [-0.2, 0) is 28.7 Å². The van der Waals surface area contributed by atoms with Crippen LogP contribution in [0.15, 0.2) is 34.4 Å². The number of ether oxygens (including phenoxy) is 1. The number of benzene rings is 1. The van der Waals surface area contributed by atoms with E-state index in [1.165, 1.54) is 5.38 Å². The first-order valence-electron chi connectivity index (χ1n) is 14.6. The van der Waals surface area contributed by atoms with Crippen molar-refractivity contribution in [1.82, 2.24) is 28.4 Å². The molecule has 0 aliphatic carbocycles. The van der Waals surface area contributed by atoms with Crippen molar-refractivity contribution in [3.05, 3.63) is 67.8 Å². The third kappa shape index (κ3) is 6.42. The number of nitrogens with one attached hydrogen (secondary N) is 1. The molecule has 0 atom stereocenters. The van der Waals surface area contributed by atoms with Crippen LogP contribution in [0.2, 0.25) is 5.02 Å². The van der Waals surface area contributed by atoms with Gasteiger partial charge in [0.15, 0.2) is 17.3 Å². The number of halogens is 4. The Morgan fingerprint density at radius 2 is 1.96 bits per heavy atom. The van der Waals surface area contributed by atoms with E-state index < -0.39 is 29.1 Å². The van der Waals surface area contributed by atoms with Gasteiger partial charge in [0.05, 0.1) is 40.6 Å². The maximum Gasteiger partial charge on any atom is 0.416 e. The summed E-state index contributed by atoms with van der Waals surface area (Å²) in [7, 11) is 0. The number of fused-ring (bicyclic) bond motifs is 1. The van der Waals surface area contributed by atoms with Gasteiger partial charge in [0.2, 0.25) is 11.7 Å². The molecule has 1 aromatic carbocycles. The van der Waals surface area contributed by atoms with Crippen molar-refractivity contribution in [2.45, 2.75) is 32.5 Å². The second-order valence-electron chi connectivity index (χ2n) is 10.8. The van der Waals surface area contributed by atoms with Crippen LogP contribution in [0.3, 0.4) is 0 Å². The van der Waals surface area contributed by atoms with E-state index in [2.05, 4.69) is 19.8 Å². The van der Waals surface area contributed by atoms with E-state index in [1.54, 1.807) is 9.47 Å². The number of alkyl halides is 3. The second-order valence-corrected chi connectivity index (χ2v) is 11.8. The molecule has 2 aliphatic heterocycles. The maximum absolute atomic E-state index is 14.1. The second kappa shape index (κ2) is 13.0. The smallest absolute Gasteiger partial charge is 0.416 e. The van der Waals surface area contributed by atoms with E-state index in [-0.39, 0.29) is 66.3 Å². The number of aromatic hydroxyl groups is 1. The summed E-state index contributed by atoms with van der Waals surface area (Å²) in [4.78, 5) is 48.4. The first-order chi connectivity index (χ1) is 22.5. The van der Waals surface area contributed by atoms with Crippen LogP contribution in [0.25, 0.3) is 11.4 Å². The van der Waals surface area contributed by atoms with Crippen LogP contribution in [0.4, 0.5) is 24.5 Å².